The summed E-state index contributed by atoms with van der Waals surface area (Å²) >= 11 is 23.1. The minimum atomic E-state index is -0.485. The molecule has 20 heavy (non-hydrogen) atoms. The molecule has 0 spiro atoms. The first-order valence-electron chi connectivity index (χ1n) is 5.29. The zero-order valence-corrected chi connectivity index (χ0v) is 12.8. The van der Waals surface area contributed by atoms with Crippen molar-refractivity contribution < 1.29 is 4.79 Å². The number of pyridine rings is 1. The predicted molar refractivity (Wildman–Crippen MR) is 83.4 cm³/mol. The average molecular weight is 351 g/mol. The molecule has 0 unspecified atom stereocenters. The molecule has 2 rings (SSSR count). The van der Waals surface area contributed by atoms with Crippen LogP contribution in [0.15, 0.2) is 30.3 Å². The van der Waals surface area contributed by atoms with Crippen LogP contribution in [0, 0.1) is 0 Å². The summed E-state index contributed by atoms with van der Waals surface area (Å²) in [5.74, 6) is 0. The van der Waals surface area contributed by atoms with E-state index >= 15 is 0 Å². The van der Waals surface area contributed by atoms with Crippen molar-refractivity contribution in [2.24, 2.45) is 0 Å². The zero-order chi connectivity index (χ0) is 14.7. The fourth-order valence-corrected chi connectivity index (χ4v) is 2.44. The molecule has 0 saturated carbocycles. The number of benzene rings is 1. The summed E-state index contributed by atoms with van der Waals surface area (Å²) < 4.78 is 0. The van der Waals surface area contributed by atoms with Crippen molar-refractivity contribution in [3.05, 3.63) is 50.7 Å². The van der Waals surface area contributed by atoms with Gasteiger partial charge in [0, 0.05) is 21.4 Å². The van der Waals surface area contributed by atoms with Crippen molar-refractivity contribution in [1.82, 2.24) is 4.98 Å². The minimum Gasteiger partial charge on any atom is -0.308 e. The molecular weight excluding hydrogens is 344 g/mol. The molecule has 0 aliphatic rings. The maximum Gasteiger partial charge on any atom is 0.323 e. The fraction of sp³-hybridized carbons (Fsp3) is 0. The molecule has 0 saturated heterocycles. The maximum atomic E-state index is 11.8. The van der Waals surface area contributed by atoms with Crippen molar-refractivity contribution in [3.8, 4) is 0 Å². The van der Waals surface area contributed by atoms with Crippen LogP contribution in [0.5, 0.6) is 0 Å². The third kappa shape index (κ3) is 4.42. The molecule has 2 amide bonds. The second kappa shape index (κ2) is 6.50. The van der Waals surface area contributed by atoms with Gasteiger partial charge in [-0.2, -0.15) is 0 Å². The highest BCUT2D eigenvalue weighted by atomic mass is 35.5. The third-order valence-corrected chi connectivity index (χ3v) is 2.96. The highest BCUT2D eigenvalue weighted by Gasteiger charge is 2.06. The first-order chi connectivity index (χ1) is 9.42. The highest BCUT2D eigenvalue weighted by molar-refractivity contribution is 6.35. The Morgan fingerprint density at radius 1 is 0.800 bits per heavy atom. The Morgan fingerprint density at radius 2 is 1.25 bits per heavy atom. The van der Waals surface area contributed by atoms with Crippen molar-refractivity contribution in [2.75, 3.05) is 10.6 Å². The molecule has 104 valence electrons. The van der Waals surface area contributed by atoms with Gasteiger partial charge in [0.25, 0.3) is 0 Å². The number of nitrogens with one attached hydrogen (secondary N) is 2. The van der Waals surface area contributed by atoms with E-state index in [1.54, 1.807) is 18.2 Å². The summed E-state index contributed by atoms with van der Waals surface area (Å²) in [4.78, 5) is 15.6. The van der Waals surface area contributed by atoms with E-state index in [4.69, 9.17) is 46.4 Å². The van der Waals surface area contributed by atoms with E-state index in [1.807, 2.05) is 0 Å². The molecule has 0 bridgehead atoms. The van der Waals surface area contributed by atoms with Gasteiger partial charge < -0.3 is 10.6 Å². The molecule has 0 atom stereocenters. The molecule has 2 N–H and O–H groups in total. The number of hydrogen-bond donors (Lipinski definition) is 2. The van der Waals surface area contributed by atoms with Crippen LogP contribution >= 0.6 is 46.4 Å². The fourth-order valence-electron chi connectivity index (χ4n) is 1.46. The van der Waals surface area contributed by atoms with E-state index in [9.17, 15) is 4.79 Å². The van der Waals surface area contributed by atoms with Gasteiger partial charge in [0.2, 0.25) is 0 Å². The Bertz CT molecular complexity index is 567. The van der Waals surface area contributed by atoms with Crippen LogP contribution in [-0.2, 0) is 0 Å². The van der Waals surface area contributed by atoms with E-state index < -0.39 is 6.03 Å². The summed E-state index contributed by atoms with van der Waals surface area (Å²) in [6, 6.07) is 7.16. The molecule has 0 aliphatic heterocycles. The van der Waals surface area contributed by atoms with E-state index in [2.05, 4.69) is 15.6 Å². The van der Waals surface area contributed by atoms with Gasteiger partial charge in [0.15, 0.2) is 0 Å². The summed E-state index contributed by atoms with van der Waals surface area (Å²) in [6.07, 6.45) is 0. The topological polar surface area (TPSA) is 54.0 Å². The first kappa shape index (κ1) is 15.2. The van der Waals surface area contributed by atoms with Gasteiger partial charge in [-0.1, -0.05) is 46.4 Å². The Hall–Kier alpha value is -1.20. The monoisotopic (exact) mass is 349 g/mol. The molecule has 0 radical (unpaired) electrons. The number of halogens is 4. The number of aromatic nitrogens is 1. The van der Waals surface area contributed by atoms with Crippen LogP contribution in [0.4, 0.5) is 16.2 Å². The number of anilines is 2. The lowest BCUT2D eigenvalue weighted by molar-refractivity contribution is 0.262. The van der Waals surface area contributed by atoms with Crippen LogP contribution in [-0.4, -0.2) is 11.0 Å². The van der Waals surface area contributed by atoms with Crippen LogP contribution < -0.4 is 10.6 Å². The number of hydrogen-bond acceptors (Lipinski definition) is 2. The Kier molecular flexibility index (Phi) is 4.94. The molecule has 0 aliphatic carbocycles. The van der Waals surface area contributed by atoms with Crippen molar-refractivity contribution in [1.29, 1.82) is 0 Å². The third-order valence-electron chi connectivity index (χ3n) is 2.14. The van der Waals surface area contributed by atoms with Gasteiger partial charge in [-0.25, -0.2) is 9.78 Å². The summed E-state index contributed by atoms with van der Waals surface area (Å²) in [5.41, 5.74) is 0.881. The average Bonchev–Trinajstić information content (AvgIpc) is 2.24. The smallest absolute Gasteiger partial charge is 0.308 e. The molecule has 2 aromatic rings. The molecule has 0 fully saturated rings. The van der Waals surface area contributed by atoms with Gasteiger partial charge in [0.05, 0.1) is 0 Å². The van der Waals surface area contributed by atoms with Gasteiger partial charge in [-0.05, 0) is 30.3 Å². The molecule has 1 aromatic carbocycles. The largest absolute Gasteiger partial charge is 0.323 e. The molecule has 8 heteroatoms. The lowest BCUT2D eigenvalue weighted by Gasteiger charge is -2.08. The maximum absolute atomic E-state index is 11.8. The Labute approximate surface area is 135 Å². The van der Waals surface area contributed by atoms with Gasteiger partial charge >= 0.3 is 6.03 Å². The minimum absolute atomic E-state index is 0.179. The van der Waals surface area contributed by atoms with Crippen molar-refractivity contribution in [3.63, 3.8) is 0 Å². The van der Waals surface area contributed by atoms with Crippen molar-refractivity contribution in [2.45, 2.75) is 0 Å². The molecule has 1 aromatic heterocycles. The van der Waals surface area contributed by atoms with Crippen LogP contribution in [0.1, 0.15) is 0 Å². The number of amides is 2. The lowest BCUT2D eigenvalue weighted by atomic mass is 10.3. The van der Waals surface area contributed by atoms with E-state index in [0.717, 1.165) is 0 Å². The van der Waals surface area contributed by atoms with Crippen LogP contribution in [0.3, 0.4) is 0 Å². The highest BCUT2D eigenvalue weighted by Crippen LogP contribution is 2.23. The van der Waals surface area contributed by atoms with Gasteiger partial charge in [0.1, 0.15) is 10.3 Å². The summed E-state index contributed by atoms with van der Waals surface area (Å²) in [5, 5.41) is 6.35. The van der Waals surface area contributed by atoms with Crippen LogP contribution in [0.25, 0.3) is 0 Å². The zero-order valence-electron chi connectivity index (χ0n) is 9.75. The Morgan fingerprint density at radius 3 is 1.75 bits per heavy atom. The van der Waals surface area contributed by atoms with Crippen LogP contribution in [0.2, 0.25) is 20.4 Å². The lowest BCUT2D eigenvalue weighted by Crippen LogP contribution is -2.19. The normalized spacial score (nSPS) is 10.2. The number of carbonyl (C=O) groups excluding carboxylic acids is 1. The van der Waals surface area contributed by atoms with Gasteiger partial charge in [-0.15, -0.1) is 0 Å². The molecular formula is C12H7Cl4N3O. The standard InChI is InChI=1S/C12H7Cl4N3O/c13-6-1-7(14)3-8(2-6)17-12(20)18-9-4-10(15)19-11(16)5-9/h1-5H,(H2,17,18,19,20). The predicted octanol–water partition coefficient (Wildman–Crippen LogP) is 5.34. The van der Waals surface area contributed by atoms with Gasteiger partial charge in [-0.3, -0.25) is 0 Å². The second-order valence-electron chi connectivity index (χ2n) is 3.74. The summed E-state index contributed by atoms with van der Waals surface area (Å²) in [6.45, 7) is 0. The van der Waals surface area contributed by atoms with E-state index in [1.165, 1.54) is 12.1 Å². The first-order valence-corrected chi connectivity index (χ1v) is 6.81. The number of urea groups is 1. The molecule has 1 heterocycles. The number of rotatable bonds is 2. The SMILES string of the molecule is O=C(Nc1cc(Cl)cc(Cl)c1)Nc1cc(Cl)nc(Cl)c1. The van der Waals surface area contributed by atoms with Crippen molar-refractivity contribution >= 4 is 63.8 Å². The number of carbonyl (C=O) groups is 1. The second-order valence-corrected chi connectivity index (χ2v) is 5.39. The quantitative estimate of drug-likeness (QED) is 0.718. The number of nitrogens with zero attached hydrogens (tertiary/aromatic N) is 1. The van der Waals surface area contributed by atoms with E-state index in [0.29, 0.717) is 21.4 Å². The van der Waals surface area contributed by atoms with E-state index in [-0.39, 0.29) is 10.3 Å². The Balaban J connectivity index is 2.08. The molecule has 4 nitrogen and oxygen atoms in total. The summed E-state index contributed by atoms with van der Waals surface area (Å²) in [7, 11) is 0.